The number of benzene rings is 2. The van der Waals surface area contributed by atoms with Crippen molar-refractivity contribution in [1.82, 2.24) is 0 Å². The number of alkyl halides is 1. The molecule has 0 radical (unpaired) electrons. The molecule has 218 valence electrons. The zero-order chi connectivity index (χ0) is 29.2. The third-order valence-corrected chi connectivity index (χ3v) is 7.41. The molecule has 0 aliphatic carbocycles. The first-order chi connectivity index (χ1) is 19.2. The van der Waals surface area contributed by atoms with Crippen molar-refractivity contribution in [2.75, 3.05) is 18.5 Å². The minimum atomic E-state index is -0.331. The molecule has 1 heterocycles. The van der Waals surface area contributed by atoms with Crippen molar-refractivity contribution >= 4 is 37.9 Å². The van der Waals surface area contributed by atoms with Gasteiger partial charge in [0.2, 0.25) is 5.43 Å². The third-order valence-electron chi connectivity index (χ3n) is 6.85. The van der Waals surface area contributed by atoms with Gasteiger partial charge in [0.25, 0.3) is 0 Å². The number of phenolic OH excluding ortho intramolecular Hbond substituents is 1. The number of aliphatic hydroxyl groups excluding tert-OH is 1. The van der Waals surface area contributed by atoms with Gasteiger partial charge in [0, 0.05) is 28.6 Å². The van der Waals surface area contributed by atoms with E-state index in [1.165, 1.54) is 0 Å². The maximum absolute atomic E-state index is 14.1. The number of aliphatic hydroxyl groups is 1. The second kappa shape index (κ2) is 15.3. The van der Waals surface area contributed by atoms with Gasteiger partial charge < -0.3 is 24.1 Å². The number of ether oxygens (including phenoxy) is 2. The maximum Gasteiger partial charge on any atom is 0.204 e. The van der Waals surface area contributed by atoms with Gasteiger partial charge >= 0.3 is 0 Å². The Labute approximate surface area is 245 Å². The Morgan fingerprint density at radius 3 is 1.95 bits per heavy atom. The van der Waals surface area contributed by atoms with Gasteiger partial charge in [-0.15, -0.1) is 0 Å². The zero-order valence-corrected chi connectivity index (χ0v) is 26.1. The summed E-state index contributed by atoms with van der Waals surface area (Å²) in [5.41, 5.74) is 4.25. The largest absolute Gasteiger partial charge is 0.507 e. The molecule has 0 saturated heterocycles. The van der Waals surface area contributed by atoms with E-state index >= 15 is 0 Å². The van der Waals surface area contributed by atoms with E-state index in [0.717, 1.165) is 48.6 Å². The van der Waals surface area contributed by atoms with Gasteiger partial charge in [-0.3, -0.25) is 4.79 Å². The van der Waals surface area contributed by atoms with Crippen LogP contribution in [0.25, 0.3) is 21.9 Å². The normalized spacial score (nSPS) is 11.2. The Morgan fingerprint density at radius 1 is 0.850 bits per heavy atom. The van der Waals surface area contributed by atoms with Crippen LogP contribution in [0.1, 0.15) is 83.4 Å². The maximum atomic E-state index is 14.1. The summed E-state index contributed by atoms with van der Waals surface area (Å²) in [6, 6.07) is 3.42. The number of aromatic hydroxyl groups is 1. The summed E-state index contributed by atoms with van der Waals surface area (Å²) in [5, 5.41) is 23.2. The molecule has 2 aromatic carbocycles. The Hall–Kier alpha value is -2.77. The fraction of sp³-hybridized carbons (Fsp3) is 0.485. The standard InChI is InChI=1S/C33H43BrO6/c1-6-7-9-16-38-26-18-29-31(32(36)24(26)14-12-22(4)5)33(37)30-23(13-11-21(2)3)25(20-35)27(19-28(30)40-29)39-17-10-8-15-34/h11-12,18-19,35-36H,6-10,13-17,20H2,1-5H3. The lowest BCUT2D eigenvalue weighted by atomic mass is 9.95. The molecule has 0 bridgehead atoms. The van der Waals surface area contributed by atoms with Crippen LogP contribution in [0.5, 0.6) is 17.2 Å². The van der Waals surface area contributed by atoms with Crippen molar-refractivity contribution in [3.05, 3.63) is 62.3 Å². The summed E-state index contributed by atoms with van der Waals surface area (Å²) < 4.78 is 18.5. The van der Waals surface area contributed by atoms with Crippen molar-refractivity contribution in [3.63, 3.8) is 0 Å². The van der Waals surface area contributed by atoms with Crippen LogP contribution >= 0.6 is 15.9 Å². The van der Waals surface area contributed by atoms with Crippen molar-refractivity contribution in [2.24, 2.45) is 0 Å². The molecule has 2 N–H and O–H groups in total. The SMILES string of the molecule is CCCCCOc1cc2oc3cc(OCCCCBr)c(CO)c(CC=C(C)C)c3c(=O)c2c(O)c1CC=C(C)C. The molecule has 0 amide bonds. The molecule has 0 aliphatic rings. The van der Waals surface area contributed by atoms with Gasteiger partial charge in [-0.1, -0.05) is 59.0 Å². The van der Waals surface area contributed by atoms with Gasteiger partial charge in [-0.05, 0) is 65.4 Å². The van der Waals surface area contributed by atoms with Crippen molar-refractivity contribution in [3.8, 4) is 17.2 Å². The molecule has 0 spiro atoms. The van der Waals surface area contributed by atoms with Crippen LogP contribution in [-0.2, 0) is 19.4 Å². The van der Waals surface area contributed by atoms with E-state index in [-0.39, 0.29) is 28.8 Å². The molecule has 0 saturated carbocycles. The molecular weight excluding hydrogens is 572 g/mol. The second-order valence-electron chi connectivity index (χ2n) is 10.6. The van der Waals surface area contributed by atoms with Gasteiger partial charge in [0.05, 0.1) is 25.2 Å². The lowest BCUT2D eigenvalue weighted by Crippen LogP contribution is -2.11. The molecule has 40 heavy (non-hydrogen) atoms. The number of fused-ring (bicyclic) bond motifs is 2. The van der Waals surface area contributed by atoms with Crippen molar-refractivity contribution < 1.29 is 24.1 Å². The molecule has 0 fully saturated rings. The molecule has 0 atom stereocenters. The monoisotopic (exact) mass is 614 g/mol. The number of phenols is 1. The summed E-state index contributed by atoms with van der Waals surface area (Å²) in [6.45, 7) is 10.8. The Bertz CT molecular complexity index is 1430. The molecule has 0 unspecified atom stereocenters. The van der Waals surface area contributed by atoms with E-state index in [1.54, 1.807) is 12.1 Å². The van der Waals surface area contributed by atoms with Gasteiger partial charge in [0.1, 0.15) is 33.8 Å². The summed E-state index contributed by atoms with van der Waals surface area (Å²) in [4.78, 5) is 14.1. The van der Waals surface area contributed by atoms with Crippen molar-refractivity contribution in [2.45, 2.75) is 86.2 Å². The van der Waals surface area contributed by atoms with Crippen LogP contribution in [0.4, 0.5) is 0 Å². The van der Waals surface area contributed by atoms with Crippen LogP contribution in [-0.4, -0.2) is 28.8 Å². The average Bonchev–Trinajstić information content (AvgIpc) is 2.91. The fourth-order valence-electron chi connectivity index (χ4n) is 4.64. The first-order valence-electron chi connectivity index (χ1n) is 14.2. The molecule has 0 aliphatic heterocycles. The number of rotatable bonds is 15. The minimum Gasteiger partial charge on any atom is -0.507 e. The van der Waals surface area contributed by atoms with Gasteiger partial charge in [-0.25, -0.2) is 0 Å². The molecule has 1 aromatic heterocycles. The van der Waals surface area contributed by atoms with E-state index in [0.29, 0.717) is 65.2 Å². The summed E-state index contributed by atoms with van der Waals surface area (Å²) in [6.07, 6.45) is 9.69. The molecule has 7 heteroatoms. The lowest BCUT2D eigenvalue weighted by Gasteiger charge is -2.18. The summed E-state index contributed by atoms with van der Waals surface area (Å²) >= 11 is 3.44. The van der Waals surface area contributed by atoms with Crippen LogP contribution in [0, 0.1) is 0 Å². The molecule has 3 aromatic rings. The number of hydrogen-bond donors (Lipinski definition) is 2. The third kappa shape index (κ3) is 7.70. The highest BCUT2D eigenvalue weighted by molar-refractivity contribution is 9.09. The number of allylic oxidation sites excluding steroid dienone is 4. The average molecular weight is 616 g/mol. The number of unbranched alkanes of at least 4 members (excludes halogenated alkanes) is 3. The summed E-state index contributed by atoms with van der Waals surface area (Å²) in [5.74, 6) is 0.902. The highest BCUT2D eigenvalue weighted by atomic mass is 79.9. The first-order valence-corrected chi connectivity index (χ1v) is 15.3. The second-order valence-corrected chi connectivity index (χ2v) is 11.4. The quantitative estimate of drug-likeness (QED) is 0.0774. The Balaban J connectivity index is 2.31. The minimum absolute atomic E-state index is 0.120. The predicted octanol–water partition coefficient (Wildman–Crippen LogP) is 8.28. The van der Waals surface area contributed by atoms with Gasteiger partial charge in [-0.2, -0.15) is 0 Å². The highest BCUT2D eigenvalue weighted by Gasteiger charge is 2.23. The van der Waals surface area contributed by atoms with E-state index < -0.39 is 0 Å². The topological polar surface area (TPSA) is 89.1 Å². The smallest absolute Gasteiger partial charge is 0.204 e. The number of halogens is 1. The fourth-order valence-corrected chi connectivity index (χ4v) is 5.04. The highest BCUT2D eigenvalue weighted by Crippen LogP contribution is 2.39. The summed E-state index contributed by atoms with van der Waals surface area (Å²) in [7, 11) is 0. The zero-order valence-electron chi connectivity index (χ0n) is 24.5. The van der Waals surface area contributed by atoms with E-state index in [9.17, 15) is 15.0 Å². The van der Waals surface area contributed by atoms with Crippen LogP contribution < -0.4 is 14.9 Å². The van der Waals surface area contributed by atoms with E-state index in [1.807, 2.05) is 39.8 Å². The van der Waals surface area contributed by atoms with Gasteiger partial charge in [0.15, 0.2) is 0 Å². The van der Waals surface area contributed by atoms with Crippen LogP contribution in [0.2, 0.25) is 0 Å². The van der Waals surface area contributed by atoms with E-state index in [4.69, 9.17) is 13.9 Å². The first kappa shape index (κ1) is 31.8. The van der Waals surface area contributed by atoms with Crippen LogP contribution in [0.15, 0.2) is 44.6 Å². The molecule has 6 nitrogen and oxygen atoms in total. The predicted molar refractivity (Wildman–Crippen MR) is 167 cm³/mol. The molecular formula is C33H43BrO6. The Morgan fingerprint density at radius 2 is 1.40 bits per heavy atom. The van der Waals surface area contributed by atoms with Crippen molar-refractivity contribution in [1.29, 1.82) is 0 Å². The number of hydrogen-bond acceptors (Lipinski definition) is 6. The van der Waals surface area contributed by atoms with E-state index in [2.05, 4.69) is 22.9 Å². The Kier molecular flexibility index (Phi) is 12.1. The van der Waals surface area contributed by atoms with Crippen LogP contribution in [0.3, 0.4) is 0 Å². The molecule has 3 rings (SSSR count). The lowest BCUT2D eigenvalue weighted by molar-refractivity contribution is 0.260.